The number of carbonyl (C=O) groups excluding carboxylic acids is 1. The maximum Gasteiger partial charge on any atom is 0.339 e. The van der Waals surface area contributed by atoms with Gasteiger partial charge in [0.1, 0.15) is 24.5 Å². The first-order valence-corrected chi connectivity index (χ1v) is 11.3. The number of ether oxygens (including phenoxy) is 3. The van der Waals surface area contributed by atoms with E-state index in [0.717, 1.165) is 40.9 Å². The number of fused-ring (bicyclic) bond motifs is 2. The van der Waals surface area contributed by atoms with Crippen LogP contribution in [0.25, 0.3) is 11.0 Å². The van der Waals surface area contributed by atoms with Crippen molar-refractivity contribution in [2.45, 2.75) is 38.6 Å². The van der Waals surface area contributed by atoms with Gasteiger partial charge in [-0.05, 0) is 61.6 Å². The van der Waals surface area contributed by atoms with Gasteiger partial charge < -0.3 is 23.5 Å². The average Bonchev–Trinajstić information content (AvgIpc) is 3.33. The molecule has 1 aromatic heterocycles. The maximum atomic E-state index is 13.2. The zero-order valence-corrected chi connectivity index (χ0v) is 18.9. The summed E-state index contributed by atoms with van der Waals surface area (Å²) >= 11 is 0. The highest BCUT2D eigenvalue weighted by molar-refractivity contribution is 5.83. The molecule has 172 valence electrons. The highest BCUT2D eigenvalue weighted by Crippen LogP contribution is 2.38. The van der Waals surface area contributed by atoms with Crippen LogP contribution in [-0.2, 0) is 11.2 Å². The first kappa shape index (κ1) is 21.4. The second-order valence-electron chi connectivity index (χ2n) is 8.50. The largest absolute Gasteiger partial charge is 0.497 e. The van der Waals surface area contributed by atoms with Crippen LogP contribution in [-0.4, -0.2) is 37.7 Å². The minimum absolute atomic E-state index is 0.00917. The van der Waals surface area contributed by atoms with Crippen molar-refractivity contribution >= 4 is 16.9 Å². The van der Waals surface area contributed by atoms with Crippen LogP contribution in [0.4, 0.5) is 0 Å². The van der Waals surface area contributed by atoms with Crippen molar-refractivity contribution in [3.63, 3.8) is 0 Å². The third kappa shape index (κ3) is 4.03. The number of amides is 1. The minimum Gasteiger partial charge on any atom is -0.497 e. The number of methoxy groups -OCH3 is 1. The summed E-state index contributed by atoms with van der Waals surface area (Å²) < 4.78 is 22.1. The Hall–Kier alpha value is -3.48. The van der Waals surface area contributed by atoms with E-state index in [1.807, 2.05) is 42.2 Å². The van der Waals surface area contributed by atoms with Crippen LogP contribution in [0.15, 0.2) is 45.6 Å². The number of likely N-dealkylation sites (tertiary alicyclic amines) is 1. The molecule has 1 atom stereocenters. The van der Waals surface area contributed by atoms with Crippen molar-refractivity contribution in [1.82, 2.24) is 4.90 Å². The summed E-state index contributed by atoms with van der Waals surface area (Å²) in [6.45, 7) is 3.70. The average molecular weight is 450 g/mol. The van der Waals surface area contributed by atoms with Crippen LogP contribution in [0.3, 0.4) is 0 Å². The molecule has 0 unspecified atom stereocenters. The van der Waals surface area contributed by atoms with E-state index in [4.69, 9.17) is 18.6 Å². The van der Waals surface area contributed by atoms with E-state index in [-0.39, 0.29) is 18.4 Å². The minimum atomic E-state index is -0.397. The van der Waals surface area contributed by atoms with Crippen LogP contribution in [0.5, 0.6) is 17.2 Å². The van der Waals surface area contributed by atoms with Gasteiger partial charge in [-0.1, -0.05) is 6.07 Å². The molecule has 5 rings (SSSR count). The second kappa shape index (κ2) is 8.81. The fourth-order valence-electron chi connectivity index (χ4n) is 4.85. The fraction of sp³-hybridized carbons (Fsp3) is 0.385. The zero-order chi connectivity index (χ0) is 22.9. The maximum absolute atomic E-state index is 13.2. The standard InChI is InChI=1S/C26H27NO6/c1-16-19-7-6-18(30-2)15-23(19)33-26(29)20(16)8-10-25(28)27-11-3-4-21(27)17-5-9-22-24(14-17)32-13-12-31-22/h5-7,9,14-15,21H,3-4,8,10-13H2,1-2H3/t21-/m0/s1. The quantitative estimate of drug-likeness (QED) is 0.544. The molecule has 0 bridgehead atoms. The van der Waals surface area contributed by atoms with Crippen LogP contribution in [0, 0.1) is 6.92 Å². The number of benzene rings is 2. The number of rotatable bonds is 5. The van der Waals surface area contributed by atoms with Gasteiger partial charge in [-0.3, -0.25) is 4.79 Å². The lowest BCUT2D eigenvalue weighted by molar-refractivity contribution is -0.132. The van der Waals surface area contributed by atoms with Gasteiger partial charge in [-0.25, -0.2) is 4.79 Å². The molecule has 0 saturated carbocycles. The number of carbonyl (C=O) groups is 1. The van der Waals surface area contributed by atoms with Crippen molar-refractivity contribution in [2.24, 2.45) is 0 Å². The lowest BCUT2D eigenvalue weighted by Gasteiger charge is -2.27. The highest BCUT2D eigenvalue weighted by Gasteiger charge is 2.31. The summed E-state index contributed by atoms with van der Waals surface area (Å²) in [6, 6.07) is 11.4. The molecule has 2 aliphatic rings. The van der Waals surface area contributed by atoms with Crippen LogP contribution in [0.2, 0.25) is 0 Å². The Morgan fingerprint density at radius 3 is 2.76 bits per heavy atom. The Balaban J connectivity index is 1.33. The molecule has 2 aliphatic heterocycles. The van der Waals surface area contributed by atoms with Gasteiger partial charge in [0.05, 0.1) is 13.2 Å². The molecular formula is C26H27NO6. The van der Waals surface area contributed by atoms with Crippen molar-refractivity contribution < 1.29 is 23.4 Å². The van der Waals surface area contributed by atoms with E-state index in [0.29, 0.717) is 43.1 Å². The summed E-state index contributed by atoms with van der Waals surface area (Å²) in [7, 11) is 1.57. The van der Waals surface area contributed by atoms with Crippen LogP contribution in [0.1, 0.15) is 42.0 Å². The summed E-state index contributed by atoms with van der Waals surface area (Å²) in [5.41, 5.74) is 2.55. The van der Waals surface area contributed by atoms with E-state index in [1.54, 1.807) is 13.2 Å². The molecule has 1 saturated heterocycles. The molecule has 33 heavy (non-hydrogen) atoms. The first-order valence-electron chi connectivity index (χ1n) is 11.3. The second-order valence-corrected chi connectivity index (χ2v) is 8.50. The number of aryl methyl sites for hydroxylation is 1. The topological polar surface area (TPSA) is 78.2 Å². The molecule has 0 N–H and O–H groups in total. The number of hydrogen-bond donors (Lipinski definition) is 0. The van der Waals surface area contributed by atoms with E-state index >= 15 is 0 Å². The van der Waals surface area contributed by atoms with Gasteiger partial charge in [0.2, 0.25) is 5.91 Å². The van der Waals surface area contributed by atoms with Gasteiger partial charge in [-0.2, -0.15) is 0 Å². The Kier molecular flexibility index (Phi) is 5.70. The Morgan fingerprint density at radius 2 is 1.94 bits per heavy atom. The van der Waals surface area contributed by atoms with Gasteiger partial charge >= 0.3 is 5.63 Å². The summed E-state index contributed by atoms with van der Waals surface area (Å²) in [6.07, 6.45) is 2.46. The van der Waals surface area contributed by atoms with Gasteiger partial charge in [0.15, 0.2) is 11.5 Å². The Bertz CT molecular complexity index is 1260. The SMILES string of the molecule is COc1ccc2c(C)c(CCC(=O)N3CCC[C@H]3c3ccc4c(c3)OCCO4)c(=O)oc2c1. The first-order chi connectivity index (χ1) is 16.0. The summed E-state index contributed by atoms with van der Waals surface area (Å²) in [4.78, 5) is 27.8. The molecule has 1 fully saturated rings. The Labute approximate surface area is 191 Å². The van der Waals surface area contributed by atoms with Crippen LogP contribution >= 0.6 is 0 Å². The molecule has 7 nitrogen and oxygen atoms in total. The summed E-state index contributed by atoms with van der Waals surface area (Å²) in [5, 5.41) is 0.855. The molecular weight excluding hydrogens is 422 g/mol. The predicted molar refractivity (Wildman–Crippen MR) is 123 cm³/mol. The lowest BCUT2D eigenvalue weighted by Crippen LogP contribution is -2.31. The van der Waals surface area contributed by atoms with Crippen molar-refractivity contribution in [3.8, 4) is 17.2 Å². The summed E-state index contributed by atoms with van der Waals surface area (Å²) in [5.74, 6) is 2.16. The molecule has 2 aromatic carbocycles. The third-order valence-electron chi connectivity index (χ3n) is 6.61. The van der Waals surface area contributed by atoms with Gasteiger partial charge in [0, 0.05) is 30.0 Å². The smallest absolute Gasteiger partial charge is 0.339 e. The highest BCUT2D eigenvalue weighted by atomic mass is 16.6. The molecule has 0 radical (unpaired) electrons. The van der Waals surface area contributed by atoms with Crippen LogP contribution < -0.4 is 19.8 Å². The number of hydrogen-bond acceptors (Lipinski definition) is 6. The lowest BCUT2D eigenvalue weighted by atomic mass is 10.0. The van der Waals surface area contributed by atoms with E-state index in [2.05, 4.69) is 0 Å². The van der Waals surface area contributed by atoms with Gasteiger partial charge in [-0.15, -0.1) is 0 Å². The predicted octanol–water partition coefficient (Wildman–Crippen LogP) is 4.18. The zero-order valence-electron chi connectivity index (χ0n) is 18.9. The molecule has 0 spiro atoms. The molecule has 3 aromatic rings. The fourth-order valence-corrected chi connectivity index (χ4v) is 4.85. The van der Waals surface area contributed by atoms with Crippen molar-refractivity contribution in [1.29, 1.82) is 0 Å². The van der Waals surface area contributed by atoms with Gasteiger partial charge in [0.25, 0.3) is 0 Å². The van der Waals surface area contributed by atoms with E-state index in [1.165, 1.54) is 0 Å². The molecule has 0 aliphatic carbocycles. The molecule has 1 amide bonds. The third-order valence-corrected chi connectivity index (χ3v) is 6.61. The molecule has 7 heteroatoms. The molecule has 3 heterocycles. The monoisotopic (exact) mass is 449 g/mol. The normalized spacial score (nSPS) is 17.4. The Morgan fingerprint density at radius 1 is 1.12 bits per heavy atom. The van der Waals surface area contributed by atoms with Crippen molar-refractivity contribution in [2.75, 3.05) is 26.9 Å². The number of nitrogens with zero attached hydrogens (tertiary/aromatic N) is 1. The van der Waals surface area contributed by atoms with E-state index < -0.39 is 5.63 Å². The van der Waals surface area contributed by atoms with Crippen molar-refractivity contribution in [3.05, 3.63) is 63.5 Å². The van der Waals surface area contributed by atoms with E-state index in [9.17, 15) is 9.59 Å².